The smallest absolute Gasteiger partial charge is 0.329 e. The Morgan fingerprint density at radius 2 is 1.96 bits per heavy atom. The Kier molecular flexibility index (Phi) is 5.25. The molecule has 0 aliphatic carbocycles. The summed E-state index contributed by atoms with van der Waals surface area (Å²) in [6, 6.07) is 10.5. The van der Waals surface area contributed by atoms with Gasteiger partial charge < -0.3 is 9.88 Å². The summed E-state index contributed by atoms with van der Waals surface area (Å²) in [4.78, 5) is 31.2. The largest absolute Gasteiger partial charge is 0.353 e. The number of nitrogens with zero attached hydrogens (tertiary/aromatic N) is 3. The Balaban J connectivity index is 1.97. The second-order valence-electron chi connectivity index (χ2n) is 6.62. The van der Waals surface area contributed by atoms with Crippen molar-refractivity contribution in [2.75, 3.05) is 5.32 Å². The van der Waals surface area contributed by atoms with E-state index in [1.54, 1.807) is 7.05 Å². The second kappa shape index (κ2) is 7.59. The summed E-state index contributed by atoms with van der Waals surface area (Å²) in [6.45, 7) is 4.80. The first kappa shape index (κ1) is 18.0. The Labute approximate surface area is 151 Å². The maximum Gasteiger partial charge on any atom is 0.329 e. The van der Waals surface area contributed by atoms with Crippen molar-refractivity contribution in [2.24, 2.45) is 7.05 Å². The first-order valence-corrected chi connectivity index (χ1v) is 9.01. The zero-order valence-electron chi connectivity index (χ0n) is 15.5. The molecule has 2 heterocycles. The summed E-state index contributed by atoms with van der Waals surface area (Å²) in [6.07, 6.45) is 2.71. The van der Waals surface area contributed by atoms with Crippen LogP contribution in [-0.4, -0.2) is 25.1 Å². The Hall–Kier alpha value is -2.83. The van der Waals surface area contributed by atoms with E-state index in [4.69, 9.17) is 0 Å². The number of aryl methyl sites for hydroxylation is 3. The first-order valence-electron chi connectivity index (χ1n) is 9.01. The maximum absolute atomic E-state index is 12.4. The van der Waals surface area contributed by atoms with Crippen molar-refractivity contribution in [3.05, 3.63) is 56.7 Å². The van der Waals surface area contributed by atoms with Gasteiger partial charge >= 0.3 is 5.69 Å². The van der Waals surface area contributed by atoms with Gasteiger partial charge in [0.1, 0.15) is 0 Å². The average molecular weight is 355 g/mol. The fraction of sp³-hybridized carbons (Fsp3) is 0.421. The van der Waals surface area contributed by atoms with Crippen LogP contribution in [0.5, 0.6) is 0 Å². The number of aromatic amines is 1. The number of rotatable bonds is 7. The van der Waals surface area contributed by atoms with E-state index in [0.717, 1.165) is 19.3 Å². The molecule has 2 N–H and O–H groups in total. The molecular weight excluding hydrogens is 330 g/mol. The van der Waals surface area contributed by atoms with Gasteiger partial charge in [-0.05, 0) is 31.7 Å². The molecule has 0 aliphatic rings. The Bertz CT molecular complexity index is 1000. The van der Waals surface area contributed by atoms with E-state index >= 15 is 0 Å². The van der Waals surface area contributed by atoms with Gasteiger partial charge in [-0.2, -0.15) is 4.98 Å². The summed E-state index contributed by atoms with van der Waals surface area (Å²) in [5.74, 6) is 0.633. The third-order valence-corrected chi connectivity index (χ3v) is 4.68. The minimum absolute atomic E-state index is 0.218. The number of hydrogen-bond acceptors (Lipinski definition) is 4. The lowest BCUT2D eigenvalue weighted by atomic mass is 10.1. The number of hydrogen-bond donors (Lipinski definition) is 2. The van der Waals surface area contributed by atoms with Crippen LogP contribution in [0.25, 0.3) is 11.2 Å². The number of fused-ring (bicyclic) bond motifs is 1. The molecule has 0 saturated heterocycles. The van der Waals surface area contributed by atoms with Gasteiger partial charge in [0.2, 0.25) is 5.95 Å². The van der Waals surface area contributed by atoms with Gasteiger partial charge in [-0.15, -0.1) is 0 Å². The number of anilines is 1. The van der Waals surface area contributed by atoms with Crippen molar-refractivity contribution in [3.8, 4) is 0 Å². The lowest BCUT2D eigenvalue weighted by Gasteiger charge is -2.14. The molecule has 0 bridgehead atoms. The van der Waals surface area contributed by atoms with Gasteiger partial charge in [-0.25, -0.2) is 4.79 Å². The summed E-state index contributed by atoms with van der Waals surface area (Å²) in [7, 11) is 1.62. The quantitative estimate of drug-likeness (QED) is 0.681. The highest BCUT2D eigenvalue weighted by Gasteiger charge is 2.18. The van der Waals surface area contributed by atoms with E-state index in [1.165, 1.54) is 10.1 Å². The molecule has 0 fully saturated rings. The molecule has 0 unspecified atom stereocenters. The average Bonchev–Trinajstić information content (AvgIpc) is 2.99. The van der Waals surface area contributed by atoms with E-state index in [1.807, 2.05) is 22.8 Å². The molecule has 1 aromatic carbocycles. The zero-order chi connectivity index (χ0) is 18.7. The van der Waals surface area contributed by atoms with E-state index in [2.05, 4.69) is 41.3 Å². The number of benzene rings is 1. The minimum Gasteiger partial charge on any atom is -0.353 e. The van der Waals surface area contributed by atoms with E-state index in [9.17, 15) is 9.59 Å². The fourth-order valence-corrected chi connectivity index (χ4v) is 2.97. The second-order valence-corrected chi connectivity index (χ2v) is 6.62. The maximum atomic E-state index is 12.4. The van der Waals surface area contributed by atoms with Crippen molar-refractivity contribution in [1.82, 2.24) is 19.1 Å². The van der Waals surface area contributed by atoms with Gasteiger partial charge in [0.15, 0.2) is 11.2 Å². The zero-order valence-corrected chi connectivity index (χ0v) is 15.5. The number of H-pyrrole nitrogens is 1. The van der Waals surface area contributed by atoms with Gasteiger partial charge in [0, 0.05) is 19.6 Å². The highest BCUT2D eigenvalue weighted by molar-refractivity contribution is 5.74. The van der Waals surface area contributed by atoms with Crippen LogP contribution < -0.4 is 16.6 Å². The van der Waals surface area contributed by atoms with E-state index in [0.29, 0.717) is 23.7 Å². The molecular formula is C19H25N5O2. The third kappa shape index (κ3) is 3.56. The van der Waals surface area contributed by atoms with Crippen LogP contribution >= 0.6 is 0 Å². The van der Waals surface area contributed by atoms with Crippen LogP contribution in [0, 0.1) is 0 Å². The molecule has 0 radical (unpaired) electrons. The monoisotopic (exact) mass is 355 g/mol. The van der Waals surface area contributed by atoms with Crippen LogP contribution in [0.1, 0.15) is 32.3 Å². The van der Waals surface area contributed by atoms with Crippen LogP contribution in [-0.2, 0) is 20.0 Å². The van der Waals surface area contributed by atoms with Gasteiger partial charge in [0.25, 0.3) is 5.56 Å². The fourth-order valence-electron chi connectivity index (χ4n) is 2.97. The molecule has 0 spiro atoms. The number of aromatic nitrogens is 4. The van der Waals surface area contributed by atoms with Crippen LogP contribution in [0.15, 0.2) is 39.9 Å². The number of nitrogens with one attached hydrogen (secondary N) is 2. The lowest BCUT2D eigenvalue weighted by molar-refractivity contribution is 0.647. The molecule has 2 aromatic heterocycles. The predicted molar refractivity (Wildman–Crippen MR) is 104 cm³/mol. The van der Waals surface area contributed by atoms with Crippen molar-refractivity contribution in [3.63, 3.8) is 0 Å². The highest BCUT2D eigenvalue weighted by Crippen LogP contribution is 2.18. The third-order valence-electron chi connectivity index (χ3n) is 4.68. The van der Waals surface area contributed by atoms with Crippen LogP contribution in [0.4, 0.5) is 5.95 Å². The minimum atomic E-state index is -0.452. The van der Waals surface area contributed by atoms with Crippen molar-refractivity contribution < 1.29 is 0 Å². The molecule has 0 saturated carbocycles. The summed E-state index contributed by atoms with van der Waals surface area (Å²) < 4.78 is 3.27. The van der Waals surface area contributed by atoms with Gasteiger partial charge in [-0.1, -0.05) is 37.3 Å². The predicted octanol–water partition coefficient (Wildman–Crippen LogP) is 2.27. The summed E-state index contributed by atoms with van der Waals surface area (Å²) >= 11 is 0. The Morgan fingerprint density at radius 1 is 1.23 bits per heavy atom. The molecule has 138 valence electrons. The standard InChI is InChI=1S/C19H25N5O2/c1-4-13(2)20-18-21-16-15(17(25)22-19(26)23(16)3)24(18)12-8-11-14-9-6-5-7-10-14/h5-7,9-10,13H,4,8,11-12H2,1-3H3,(H,20,21)(H,22,25,26)/t13-/m0/s1. The molecule has 1 atom stereocenters. The molecule has 26 heavy (non-hydrogen) atoms. The molecule has 0 aliphatic heterocycles. The van der Waals surface area contributed by atoms with Crippen LogP contribution in [0.2, 0.25) is 0 Å². The number of imidazole rings is 1. The first-order chi connectivity index (χ1) is 12.5. The van der Waals surface area contributed by atoms with Gasteiger partial charge in [-0.3, -0.25) is 14.3 Å². The molecule has 7 nitrogen and oxygen atoms in total. The van der Waals surface area contributed by atoms with Crippen molar-refractivity contribution in [2.45, 2.75) is 45.7 Å². The van der Waals surface area contributed by atoms with Crippen molar-refractivity contribution in [1.29, 1.82) is 0 Å². The SMILES string of the molecule is CC[C@H](C)Nc1nc2c(c(=O)[nH]c(=O)n2C)n1CCCc1ccccc1. The normalized spacial score (nSPS) is 12.4. The van der Waals surface area contributed by atoms with Gasteiger partial charge in [0.05, 0.1) is 0 Å². The summed E-state index contributed by atoms with van der Waals surface area (Å²) in [5, 5.41) is 3.36. The molecule has 0 amide bonds. The summed E-state index contributed by atoms with van der Waals surface area (Å²) in [5.41, 5.74) is 1.25. The highest BCUT2D eigenvalue weighted by atomic mass is 16.2. The van der Waals surface area contributed by atoms with E-state index < -0.39 is 11.2 Å². The topological polar surface area (TPSA) is 84.7 Å². The van der Waals surface area contributed by atoms with Crippen LogP contribution in [0.3, 0.4) is 0 Å². The lowest BCUT2D eigenvalue weighted by Crippen LogP contribution is -2.29. The molecule has 3 aromatic rings. The van der Waals surface area contributed by atoms with Crippen molar-refractivity contribution >= 4 is 17.1 Å². The Morgan fingerprint density at radius 3 is 2.65 bits per heavy atom. The molecule has 3 rings (SSSR count). The molecule has 7 heteroatoms. The van der Waals surface area contributed by atoms with E-state index in [-0.39, 0.29) is 6.04 Å².